The molecule has 0 saturated carbocycles. The largest absolute Gasteiger partial charge is 0.435 e. The first-order valence-corrected chi connectivity index (χ1v) is 4.15. The summed E-state index contributed by atoms with van der Waals surface area (Å²) in [5.41, 5.74) is 0.428. The topological polar surface area (TPSA) is 21.3 Å². The summed E-state index contributed by atoms with van der Waals surface area (Å²) in [5.74, 6) is -0.00685. The monoisotopic (exact) mass is 223 g/mol. The van der Waals surface area contributed by atoms with Gasteiger partial charge in [0.2, 0.25) is 0 Å². The van der Waals surface area contributed by atoms with Crippen molar-refractivity contribution in [2.75, 3.05) is 11.9 Å². The maximum Gasteiger partial charge on any atom is 0.387 e. The van der Waals surface area contributed by atoms with Crippen LogP contribution in [0.2, 0.25) is 0 Å². The summed E-state index contributed by atoms with van der Waals surface area (Å²) >= 11 is 0. The molecule has 0 amide bonds. The second kappa shape index (κ2) is 5.43. The van der Waals surface area contributed by atoms with Crippen molar-refractivity contribution in [3.63, 3.8) is 0 Å². The third-order valence-corrected chi connectivity index (χ3v) is 1.54. The van der Waals surface area contributed by atoms with Crippen LogP contribution in [0.1, 0.15) is 0 Å². The lowest BCUT2D eigenvalue weighted by Gasteiger charge is -2.07. The van der Waals surface area contributed by atoms with E-state index in [4.69, 9.17) is 0 Å². The van der Waals surface area contributed by atoms with E-state index < -0.39 is 19.6 Å². The van der Waals surface area contributed by atoms with Crippen LogP contribution in [0.4, 0.5) is 23.2 Å². The highest BCUT2D eigenvalue weighted by Gasteiger charge is 2.04. The van der Waals surface area contributed by atoms with Gasteiger partial charge in [-0.3, -0.25) is 0 Å². The van der Waals surface area contributed by atoms with Crippen LogP contribution in [0, 0.1) is 0 Å². The number of hydrogen-bond acceptors (Lipinski definition) is 2. The summed E-state index contributed by atoms with van der Waals surface area (Å²) < 4.78 is 51.1. The zero-order chi connectivity index (χ0) is 11.3. The molecule has 1 aromatic carbocycles. The predicted octanol–water partition coefficient (Wildman–Crippen LogP) is 2.97. The minimum Gasteiger partial charge on any atom is -0.435 e. The van der Waals surface area contributed by atoms with E-state index in [2.05, 4.69) is 10.1 Å². The van der Waals surface area contributed by atoms with Crippen molar-refractivity contribution in [3.8, 4) is 5.75 Å². The molecule has 0 aromatic heterocycles. The van der Waals surface area contributed by atoms with Gasteiger partial charge in [0, 0.05) is 5.69 Å². The molecule has 15 heavy (non-hydrogen) atoms. The van der Waals surface area contributed by atoms with E-state index >= 15 is 0 Å². The van der Waals surface area contributed by atoms with Crippen LogP contribution in [0.25, 0.3) is 0 Å². The SMILES string of the molecule is FC(F)CNc1ccc(OC(F)F)cc1. The van der Waals surface area contributed by atoms with Crippen molar-refractivity contribution in [2.24, 2.45) is 0 Å². The van der Waals surface area contributed by atoms with E-state index in [9.17, 15) is 17.6 Å². The molecule has 1 rings (SSSR count). The van der Waals surface area contributed by atoms with Crippen LogP contribution < -0.4 is 10.1 Å². The predicted molar refractivity (Wildman–Crippen MR) is 47.6 cm³/mol. The number of ether oxygens (including phenoxy) is 1. The summed E-state index contributed by atoms with van der Waals surface area (Å²) in [5, 5.41) is 2.43. The second-order valence-corrected chi connectivity index (χ2v) is 2.67. The van der Waals surface area contributed by atoms with Crippen molar-refractivity contribution in [1.29, 1.82) is 0 Å². The summed E-state index contributed by atoms with van der Waals surface area (Å²) in [6.45, 7) is -3.36. The van der Waals surface area contributed by atoms with Crippen molar-refractivity contribution in [2.45, 2.75) is 13.0 Å². The summed E-state index contributed by atoms with van der Waals surface area (Å²) in [6.07, 6.45) is -2.46. The lowest BCUT2D eigenvalue weighted by Crippen LogP contribution is -2.10. The molecule has 84 valence electrons. The van der Waals surface area contributed by atoms with Gasteiger partial charge < -0.3 is 10.1 Å². The standard InChI is InChI=1S/C9H9F4NO/c10-8(11)5-14-6-1-3-7(4-2-6)15-9(12)13/h1-4,8-9,14H,5H2. The van der Waals surface area contributed by atoms with Gasteiger partial charge >= 0.3 is 6.61 Å². The van der Waals surface area contributed by atoms with Gasteiger partial charge in [0.05, 0.1) is 6.54 Å². The molecule has 1 N–H and O–H groups in total. The summed E-state index contributed by atoms with van der Waals surface area (Å²) in [4.78, 5) is 0. The highest BCUT2D eigenvalue weighted by atomic mass is 19.3. The lowest BCUT2D eigenvalue weighted by atomic mass is 10.3. The number of anilines is 1. The van der Waals surface area contributed by atoms with E-state index in [0.29, 0.717) is 5.69 Å². The number of nitrogens with one attached hydrogen (secondary N) is 1. The molecule has 0 radical (unpaired) electrons. The molecule has 0 atom stereocenters. The zero-order valence-electron chi connectivity index (χ0n) is 7.59. The first kappa shape index (κ1) is 11.6. The van der Waals surface area contributed by atoms with Gasteiger partial charge in [-0.2, -0.15) is 8.78 Å². The molecule has 6 heteroatoms. The molecule has 0 aliphatic rings. The fraction of sp³-hybridized carbons (Fsp3) is 0.333. The van der Waals surface area contributed by atoms with Crippen LogP contribution in [0.3, 0.4) is 0 Å². The smallest absolute Gasteiger partial charge is 0.387 e. The van der Waals surface area contributed by atoms with E-state index in [1.54, 1.807) is 0 Å². The number of benzene rings is 1. The third-order valence-electron chi connectivity index (χ3n) is 1.54. The Hall–Kier alpha value is -1.46. The van der Waals surface area contributed by atoms with Crippen LogP contribution in [-0.2, 0) is 0 Å². The molecule has 2 nitrogen and oxygen atoms in total. The minimum absolute atomic E-state index is 0.00685. The Kier molecular flexibility index (Phi) is 4.20. The van der Waals surface area contributed by atoms with Crippen LogP contribution >= 0.6 is 0 Å². The van der Waals surface area contributed by atoms with Gasteiger partial charge in [0.1, 0.15) is 5.75 Å². The van der Waals surface area contributed by atoms with Gasteiger partial charge in [-0.05, 0) is 24.3 Å². The molecule has 0 aliphatic heterocycles. The molecule has 0 saturated heterocycles. The maximum atomic E-state index is 11.8. The molecule has 0 fully saturated rings. The molecular formula is C9H9F4NO. The van der Waals surface area contributed by atoms with E-state index in [1.807, 2.05) is 0 Å². The van der Waals surface area contributed by atoms with Gasteiger partial charge in [-0.1, -0.05) is 0 Å². The summed E-state index contributed by atoms with van der Waals surface area (Å²) in [7, 11) is 0. The molecule has 0 spiro atoms. The number of halogens is 4. The lowest BCUT2D eigenvalue weighted by molar-refractivity contribution is -0.0498. The molecule has 0 heterocycles. The molecule has 0 unspecified atom stereocenters. The van der Waals surface area contributed by atoms with Crippen molar-refractivity contribution < 1.29 is 22.3 Å². The van der Waals surface area contributed by atoms with E-state index in [1.165, 1.54) is 24.3 Å². The highest BCUT2D eigenvalue weighted by Crippen LogP contribution is 2.17. The van der Waals surface area contributed by atoms with Gasteiger partial charge in [0.15, 0.2) is 0 Å². The molecule has 0 aliphatic carbocycles. The van der Waals surface area contributed by atoms with Crippen LogP contribution in [0.5, 0.6) is 5.75 Å². The Balaban J connectivity index is 2.49. The fourth-order valence-electron chi connectivity index (χ4n) is 0.949. The second-order valence-electron chi connectivity index (χ2n) is 2.67. The number of rotatable bonds is 5. The number of hydrogen-bond donors (Lipinski definition) is 1. The minimum atomic E-state index is -2.88. The summed E-state index contributed by atoms with van der Waals surface area (Å²) in [6, 6.07) is 5.33. The van der Waals surface area contributed by atoms with Crippen LogP contribution in [0.15, 0.2) is 24.3 Å². The van der Waals surface area contributed by atoms with Crippen LogP contribution in [-0.4, -0.2) is 19.6 Å². The normalized spacial score (nSPS) is 10.8. The first-order chi connectivity index (χ1) is 7.08. The molecule has 1 aromatic rings. The molecular weight excluding hydrogens is 214 g/mol. The Bertz CT molecular complexity index is 289. The average molecular weight is 223 g/mol. The maximum absolute atomic E-state index is 11.8. The zero-order valence-corrected chi connectivity index (χ0v) is 7.59. The highest BCUT2D eigenvalue weighted by molar-refractivity contribution is 5.46. The van der Waals surface area contributed by atoms with E-state index in [-0.39, 0.29) is 5.75 Å². The Morgan fingerprint density at radius 1 is 1.07 bits per heavy atom. The first-order valence-electron chi connectivity index (χ1n) is 4.15. The Morgan fingerprint density at radius 3 is 2.13 bits per heavy atom. The average Bonchev–Trinajstić information content (AvgIpc) is 2.16. The van der Waals surface area contributed by atoms with Crippen molar-refractivity contribution in [3.05, 3.63) is 24.3 Å². The van der Waals surface area contributed by atoms with Gasteiger partial charge in [0.25, 0.3) is 6.43 Å². The third kappa shape index (κ3) is 4.53. The Morgan fingerprint density at radius 2 is 1.67 bits per heavy atom. The Labute approximate surface area is 83.9 Å². The van der Waals surface area contributed by atoms with Gasteiger partial charge in [-0.25, -0.2) is 8.78 Å². The van der Waals surface area contributed by atoms with Gasteiger partial charge in [-0.15, -0.1) is 0 Å². The quantitative estimate of drug-likeness (QED) is 0.775. The van der Waals surface area contributed by atoms with E-state index in [0.717, 1.165) is 0 Å². The van der Waals surface area contributed by atoms with Crippen molar-refractivity contribution in [1.82, 2.24) is 0 Å². The van der Waals surface area contributed by atoms with Crippen molar-refractivity contribution >= 4 is 5.69 Å². The molecule has 0 bridgehead atoms. The fourth-order valence-corrected chi connectivity index (χ4v) is 0.949. The number of alkyl halides is 4.